The SMILES string of the molecule is CC(CN1C(C)CCCC1C)OC(=O)c1cccc(Br)c1.Cl. The van der Waals surface area contributed by atoms with Gasteiger partial charge in [-0.25, -0.2) is 4.79 Å². The third kappa shape index (κ3) is 5.25. The maximum Gasteiger partial charge on any atom is 0.338 e. The molecule has 1 heterocycles. The molecule has 0 spiro atoms. The highest BCUT2D eigenvalue weighted by atomic mass is 79.9. The van der Waals surface area contributed by atoms with Crippen LogP contribution in [0.5, 0.6) is 0 Å². The fourth-order valence-corrected chi connectivity index (χ4v) is 3.43. The van der Waals surface area contributed by atoms with Crippen LogP contribution in [0, 0.1) is 0 Å². The Balaban J connectivity index is 0.00000242. The number of piperidine rings is 1. The molecular weight excluding hydrogens is 366 g/mol. The molecule has 1 aliphatic rings. The summed E-state index contributed by atoms with van der Waals surface area (Å²) in [6.07, 6.45) is 3.66. The van der Waals surface area contributed by atoms with Gasteiger partial charge in [-0.05, 0) is 51.8 Å². The third-order valence-corrected chi connectivity index (χ3v) is 4.71. The van der Waals surface area contributed by atoms with Crippen molar-refractivity contribution in [3.05, 3.63) is 34.3 Å². The van der Waals surface area contributed by atoms with E-state index in [2.05, 4.69) is 34.7 Å². The van der Waals surface area contributed by atoms with Crippen LogP contribution in [0.4, 0.5) is 0 Å². The van der Waals surface area contributed by atoms with Crippen LogP contribution in [0.1, 0.15) is 50.4 Å². The molecule has 3 nitrogen and oxygen atoms in total. The van der Waals surface area contributed by atoms with E-state index in [4.69, 9.17) is 4.74 Å². The van der Waals surface area contributed by atoms with Crippen molar-refractivity contribution in [1.29, 1.82) is 0 Å². The summed E-state index contributed by atoms with van der Waals surface area (Å²) in [7, 11) is 0. The molecule has 3 atom stereocenters. The molecule has 1 aromatic rings. The summed E-state index contributed by atoms with van der Waals surface area (Å²) >= 11 is 3.38. The number of ether oxygens (including phenoxy) is 1. The molecule has 1 aromatic carbocycles. The summed E-state index contributed by atoms with van der Waals surface area (Å²) in [5, 5.41) is 0. The van der Waals surface area contributed by atoms with Crippen molar-refractivity contribution in [2.45, 2.75) is 58.2 Å². The van der Waals surface area contributed by atoms with Crippen molar-refractivity contribution in [1.82, 2.24) is 4.90 Å². The minimum absolute atomic E-state index is 0. The van der Waals surface area contributed by atoms with Gasteiger partial charge in [0.25, 0.3) is 0 Å². The Bertz CT molecular complexity index is 487. The zero-order chi connectivity index (χ0) is 15.4. The molecule has 1 aliphatic heterocycles. The first kappa shape index (κ1) is 19.5. The maximum atomic E-state index is 12.2. The van der Waals surface area contributed by atoms with Crippen molar-refractivity contribution >= 4 is 34.3 Å². The largest absolute Gasteiger partial charge is 0.458 e. The fraction of sp³-hybridized carbons (Fsp3) is 0.588. The summed E-state index contributed by atoms with van der Waals surface area (Å²) in [4.78, 5) is 14.6. The van der Waals surface area contributed by atoms with Gasteiger partial charge in [-0.3, -0.25) is 4.90 Å². The topological polar surface area (TPSA) is 29.5 Å². The van der Waals surface area contributed by atoms with Crippen LogP contribution < -0.4 is 0 Å². The molecule has 1 fully saturated rings. The number of rotatable bonds is 4. The van der Waals surface area contributed by atoms with E-state index in [0.29, 0.717) is 17.6 Å². The first-order chi connectivity index (χ1) is 9.97. The average molecular weight is 391 g/mol. The molecule has 1 saturated heterocycles. The van der Waals surface area contributed by atoms with Crippen LogP contribution in [-0.4, -0.2) is 35.6 Å². The Morgan fingerprint density at radius 1 is 1.36 bits per heavy atom. The predicted molar refractivity (Wildman–Crippen MR) is 95.7 cm³/mol. The van der Waals surface area contributed by atoms with Gasteiger partial charge in [-0.2, -0.15) is 0 Å². The number of hydrogen-bond donors (Lipinski definition) is 0. The zero-order valence-electron chi connectivity index (χ0n) is 13.4. The lowest BCUT2D eigenvalue weighted by molar-refractivity contribution is 0.00811. The quantitative estimate of drug-likeness (QED) is 0.699. The summed E-state index contributed by atoms with van der Waals surface area (Å²) in [6, 6.07) is 8.46. The van der Waals surface area contributed by atoms with E-state index in [9.17, 15) is 4.79 Å². The molecule has 0 saturated carbocycles. The van der Waals surface area contributed by atoms with Crippen molar-refractivity contribution < 1.29 is 9.53 Å². The van der Waals surface area contributed by atoms with Crippen molar-refractivity contribution in [3.63, 3.8) is 0 Å². The number of halogens is 2. The summed E-state index contributed by atoms with van der Waals surface area (Å²) in [6.45, 7) is 7.31. The van der Waals surface area contributed by atoms with Gasteiger partial charge < -0.3 is 4.74 Å². The molecule has 0 aliphatic carbocycles. The Labute approximate surface area is 147 Å². The lowest BCUT2D eigenvalue weighted by Gasteiger charge is -2.40. The molecular formula is C17H25BrClNO2. The lowest BCUT2D eigenvalue weighted by atomic mass is 9.97. The minimum Gasteiger partial charge on any atom is -0.458 e. The molecule has 0 bridgehead atoms. The Morgan fingerprint density at radius 3 is 2.59 bits per heavy atom. The van der Waals surface area contributed by atoms with Crippen molar-refractivity contribution in [2.24, 2.45) is 0 Å². The molecule has 5 heteroatoms. The maximum absolute atomic E-state index is 12.2. The highest BCUT2D eigenvalue weighted by molar-refractivity contribution is 9.10. The minimum atomic E-state index is -0.249. The highest BCUT2D eigenvalue weighted by Gasteiger charge is 2.26. The standard InChI is InChI=1S/C17H24BrNO2.ClH/c1-12-6-4-7-13(2)19(12)11-14(3)21-17(20)15-8-5-9-16(18)10-15;/h5,8-10,12-14H,4,6-7,11H2,1-3H3;1H. The number of benzene rings is 1. The van der Waals surface area contributed by atoms with Crippen molar-refractivity contribution in [2.75, 3.05) is 6.54 Å². The summed E-state index contributed by atoms with van der Waals surface area (Å²) < 4.78 is 6.48. The van der Waals surface area contributed by atoms with Crippen molar-refractivity contribution in [3.8, 4) is 0 Å². The molecule has 0 N–H and O–H groups in total. The average Bonchev–Trinajstić information content (AvgIpc) is 2.43. The van der Waals surface area contributed by atoms with E-state index in [1.165, 1.54) is 19.3 Å². The number of carbonyl (C=O) groups excluding carboxylic acids is 1. The molecule has 2 rings (SSSR count). The first-order valence-corrected chi connectivity index (χ1v) is 8.49. The van der Waals surface area contributed by atoms with E-state index in [1.807, 2.05) is 19.1 Å². The van der Waals surface area contributed by atoms with E-state index < -0.39 is 0 Å². The lowest BCUT2D eigenvalue weighted by Crippen LogP contribution is -2.47. The number of carbonyl (C=O) groups is 1. The normalized spacial score (nSPS) is 23.5. The second-order valence-corrected chi connectivity index (χ2v) is 6.97. The summed E-state index contributed by atoms with van der Waals surface area (Å²) in [5.41, 5.74) is 0.593. The van der Waals surface area contributed by atoms with Crippen LogP contribution in [0.3, 0.4) is 0 Å². The van der Waals surface area contributed by atoms with Crippen LogP contribution in [0.15, 0.2) is 28.7 Å². The molecule has 0 radical (unpaired) electrons. The van der Waals surface area contributed by atoms with Crippen LogP contribution in [0.2, 0.25) is 0 Å². The van der Waals surface area contributed by atoms with Gasteiger partial charge >= 0.3 is 5.97 Å². The second kappa shape index (κ2) is 8.90. The molecule has 22 heavy (non-hydrogen) atoms. The molecule has 0 amide bonds. The predicted octanol–water partition coefficient (Wildman–Crippen LogP) is 4.68. The smallest absolute Gasteiger partial charge is 0.338 e. The van der Waals surface area contributed by atoms with E-state index >= 15 is 0 Å². The number of nitrogens with zero attached hydrogens (tertiary/aromatic N) is 1. The van der Waals surface area contributed by atoms with Crippen LogP contribution in [-0.2, 0) is 4.74 Å². The second-order valence-electron chi connectivity index (χ2n) is 6.05. The Hall–Kier alpha value is -0.580. The van der Waals surface area contributed by atoms with E-state index in [-0.39, 0.29) is 24.5 Å². The fourth-order valence-electron chi connectivity index (χ4n) is 3.04. The van der Waals surface area contributed by atoms with E-state index in [0.717, 1.165) is 11.0 Å². The number of likely N-dealkylation sites (tertiary alicyclic amines) is 1. The van der Waals surface area contributed by atoms with Gasteiger partial charge in [-0.15, -0.1) is 12.4 Å². The van der Waals surface area contributed by atoms with Crippen LogP contribution in [0.25, 0.3) is 0 Å². The Kier molecular flexibility index (Phi) is 7.87. The Morgan fingerprint density at radius 2 is 2.00 bits per heavy atom. The van der Waals surface area contributed by atoms with Gasteiger partial charge in [0, 0.05) is 23.1 Å². The first-order valence-electron chi connectivity index (χ1n) is 7.69. The van der Waals surface area contributed by atoms with E-state index in [1.54, 1.807) is 12.1 Å². The molecule has 0 aromatic heterocycles. The van der Waals surface area contributed by atoms with Crippen LogP contribution >= 0.6 is 28.3 Å². The molecule has 124 valence electrons. The third-order valence-electron chi connectivity index (χ3n) is 4.21. The number of esters is 1. The molecule has 3 unspecified atom stereocenters. The van der Waals surface area contributed by atoms with Gasteiger partial charge in [0.1, 0.15) is 6.10 Å². The van der Waals surface area contributed by atoms with Gasteiger partial charge in [-0.1, -0.05) is 28.4 Å². The summed E-state index contributed by atoms with van der Waals surface area (Å²) in [5.74, 6) is -0.249. The number of hydrogen-bond acceptors (Lipinski definition) is 3. The van der Waals surface area contributed by atoms with Gasteiger partial charge in [0.15, 0.2) is 0 Å². The zero-order valence-corrected chi connectivity index (χ0v) is 15.8. The monoisotopic (exact) mass is 389 g/mol. The van der Waals surface area contributed by atoms with Gasteiger partial charge in [0.05, 0.1) is 5.56 Å². The van der Waals surface area contributed by atoms with Gasteiger partial charge in [0.2, 0.25) is 0 Å². The highest BCUT2D eigenvalue weighted by Crippen LogP contribution is 2.23.